The van der Waals surface area contributed by atoms with Crippen molar-refractivity contribution in [2.24, 2.45) is 0 Å². The third-order valence-corrected chi connectivity index (χ3v) is 2.21. The van der Waals surface area contributed by atoms with Gasteiger partial charge in [-0.05, 0) is 0 Å². The zero-order valence-corrected chi connectivity index (χ0v) is 6.67. The molecule has 0 saturated carbocycles. The van der Waals surface area contributed by atoms with Gasteiger partial charge < -0.3 is 5.32 Å². The molecule has 0 unspecified atom stereocenters. The van der Waals surface area contributed by atoms with Crippen molar-refractivity contribution >= 4 is 22.1 Å². The molecule has 0 aromatic heterocycles. The second-order valence-corrected chi connectivity index (χ2v) is 3.45. The van der Waals surface area contributed by atoms with E-state index < -0.39 is 22.1 Å². The van der Waals surface area contributed by atoms with Gasteiger partial charge in [-0.25, -0.2) is 4.31 Å². The van der Waals surface area contributed by atoms with E-state index in [0.717, 1.165) is 0 Å². The summed E-state index contributed by atoms with van der Waals surface area (Å²) in [5.41, 5.74) is 0. The van der Waals surface area contributed by atoms with E-state index in [9.17, 15) is 18.0 Å². The molecule has 1 aliphatic heterocycles. The van der Waals surface area contributed by atoms with E-state index in [1.807, 2.05) is 0 Å². The Morgan fingerprint density at radius 3 is 2.42 bits per heavy atom. The largest absolute Gasteiger partial charge is 0.362 e. The fourth-order valence-electron chi connectivity index (χ4n) is 0.782. The van der Waals surface area contributed by atoms with Gasteiger partial charge >= 0.3 is 22.1 Å². The van der Waals surface area contributed by atoms with Crippen molar-refractivity contribution < 1.29 is 22.6 Å². The van der Waals surface area contributed by atoms with Gasteiger partial charge in [0.15, 0.2) is 0 Å². The molecule has 0 aromatic rings. The summed E-state index contributed by atoms with van der Waals surface area (Å²) in [6.45, 7) is -0.215. The number of hydrogen-bond donors (Lipinski definition) is 2. The minimum Gasteiger partial charge on any atom is -0.346 e. The Balaban J connectivity index is 2.93. The topological polar surface area (TPSA) is 104 Å². The number of nitrogens with one attached hydrogen (secondary N) is 1. The molecule has 12 heavy (non-hydrogen) atoms. The van der Waals surface area contributed by atoms with Crippen molar-refractivity contribution in [3.63, 3.8) is 0 Å². The first-order chi connectivity index (χ1) is 5.43. The molecule has 2 amide bonds. The number of piperazine rings is 1. The summed E-state index contributed by atoms with van der Waals surface area (Å²) >= 11 is 0. The van der Waals surface area contributed by atoms with Crippen molar-refractivity contribution in [1.82, 2.24) is 9.62 Å². The molecule has 1 fully saturated rings. The summed E-state index contributed by atoms with van der Waals surface area (Å²) in [6, 6.07) is 0. The summed E-state index contributed by atoms with van der Waals surface area (Å²) < 4.78 is 29.4. The number of hydrogen-bond acceptors (Lipinski definition) is 4. The predicted molar refractivity (Wildman–Crippen MR) is 36.3 cm³/mol. The van der Waals surface area contributed by atoms with Crippen LogP contribution >= 0.6 is 0 Å². The van der Waals surface area contributed by atoms with E-state index in [4.69, 9.17) is 4.55 Å². The van der Waals surface area contributed by atoms with E-state index in [0.29, 0.717) is 0 Å². The molecule has 1 rings (SSSR count). The monoisotopic (exact) mass is 194 g/mol. The van der Waals surface area contributed by atoms with Gasteiger partial charge in [0, 0.05) is 6.54 Å². The minimum atomic E-state index is -4.59. The lowest BCUT2D eigenvalue weighted by molar-refractivity contribution is -0.144. The summed E-state index contributed by atoms with van der Waals surface area (Å²) in [7, 11) is -4.59. The summed E-state index contributed by atoms with van der Waals surface area (Å²) in [6.07, 6.45) is 0. The highest BCUT2D eigenvalue weighted by atomic mass is 32.2. The van der Waals surface area contributed by atoms with Crippen LogP contribution in [0.2, 0.25) is 0 Å². The van der Waals surface area contributed by atoms with Gasteiger partial charge in [-0.1, -0.05) is 0 Å². The van der Waals surface area contributed by atoms with Crippen LogP contribution in [0.5, 0.6) is 0 Å². The van der Waals surface area contributed by atoms with E-state index in [2.05, 4.69) is 5.32 Å². The van der Waals surface area contributed by atoms with Crippen LogP contribution in [0.4, 0.5) is 0 Å². The van der Waals surface area contributed by atoms with Gasteiger partial charge in [-0.2, -0.15) is 8.42 Å². The Bertz CT molecular complexity index is 320. The second kappa shape index (κ2) is 2.72. The highest BCUT2D eigenvalue weighted by Gasteiger charge is 2.33. The van der Waals surface area contributed by atoms with Gasteiger partial charge in [-0.3, -0.25) is 14.1 Å². The van der Waals surface area contributed by atoms with Gasteiger partial charge in [-0.15, -0.1) is 0 Å². The molecule has 1 aliphatic rings. The smallest absolute Gasteiger partial charge is 0.346 e. The molecule has 7 nitrogen and oxygen atoms in total. The number of rotatable bonds is 1. The lowest BCUT2D eigenvalue weighted by Crippen LogP contribution is -2.53. The third-order valence-electron chi connectivity index (χ3n) is 1.30. The SMILES string of the molecule is O=C1NCCN(S(=O)(=O)O)C1=O. The molecule has 0 aliphatic carbocycles. The lowest BCUT2D eigenvalue weighted by Gasteiger charge is -2.22. The average molecular weight is 194 g/mol. The fraction of sp³-hybridized carbons (Fsp3) is 0.500. The lowest BCUT2D eigenvalue weighted by atomic mass is 10.4. The van der Waals surface area contributed by atoms with E-state index in [1.165, 1.54) is 0 Å². The van der Waals surface area contributed by atoms with Crippen molar-refractivity contribution in [3.05, 3.63) is 0 Å². The molecule has 1 heterocycles. The highest BCUT2D eigenvalue weighted by Crippen LogP contribution is 2.00. The maximum Gasteiger partial charge on any atom is 0.362 e. The Hall–Kier alpha value is -1.15. The maximum absolute atomic E-state index is 10.7. The quantitative estimate of drug-likeness (QED) is 0.362. The van der Waals surface area contributed by atoms with Crippen molar-refractivity contribution in [3.8, 4) is 0 Å². The molecule has 0 bridgehead atoms. The molecule has 1 saturated heterocycles. The minimum absolute atomic E-state index is 0.0182. The van der Waals surface area contributed by atoms with Gasteiger partial charge in [0.05, 0.1) is 6.54 Å². The second-order valence-electron chi connectivity index (χ2n) is 2.11. The van der Waals surface area contributed by atoms with Crippen LogP contribution in [0, 0.1) is 0 Å². The third kappa shape index (κ3) is 1.53. The van der Waals surface area contributed by atoms with Crippen LogP contribution in [-0.4, -0.2) is 42.2 Å². The average Bonchev–Trinajstić information content (AvgIpc) is 1.92. The molecule has 0 atom stereocenters. The fourth-order valence-corrected chi connectivity index (χ4v) is 1.40. The Morgan fingerprint density at radius 1 is 1.42 bits per heavy atom. The van der Waals surface area contributed by atoms with Crippen LogP contribution in [0.15, 0.2) is 0 Å². The van der Waals surface area contributed by atoms with Gasteiger partial charge in [0.2, 0.25) is 0 Å². The van der Waals surface area contributed by atoms with Crippen LogP contribution in [0.1, 0.15) is 0 Å². The zero-order valence-electron chi connectivity index (χ0n) is 5.85. The summed E-state index contributed by atoms with van der Waals surface area (Å²) in [5.74, 6) is -2.29. The van der Waals surface area contributed by atoms with Crippen LogP contribution in [0.25, 0.3) is 0 Å². The van der Waals surface area contributed by atoms with Crippen LogP contribution in [-0.2, 0) is 19.9 Å². The predicted octanol–water partition coefficient (Wildman–Crippen LogP) is -2.25. The molecule has 0 spiro atoms. The highest BCUT2D eigenvalue weighted by molar-refractivity contribution is 7.84. The van der Waals surface area contributed by atoms with E-state index >= 15 is 0 Å². The molecule has 8 heteroatoms. The Kier molecular flexibility index (Phi) is 2.02. The number of carbonyl (C=O) groups excluding carboxylic acids is 2. The normalized spacial score (nSPS) is 19.2. The van der Waals surface area contributed by atoms with E-state index in [-0.39, 0.29) is 17.4 Å². The molecular weight excluding hydrogens is 188 g/mol. The van der Waals surface area contributed by atoms with Crippen LogP contribution < -0.4 is 5.32 Å². The molecule has 68 valence electrons. The number of carbonyl (C=O) groups is 2. The van der Waals surface area contributed by atoms with Crippen LogP contribution in [0.3, 0.4) is 0 Å². The van der Waals surface area contributed by atoms with Crippen molar-refractivity contribution in [2.45, 2.75) is 0 Å². The molecular formula is C4H6N2O5S. The molecule has 0 aromatic carbocycles. The molecule has 0 radical (unpaired) electrons. The van der Waals surface area contributed by atoms with Crippen molar-refractivity contribution in [1.29, 1.82) is 0 Å². The van der Waals surface area contributed by atoms with Crippen molar-refractivity contribution in [2.75, 3.05) is 13.1 Å². The number of amides is 2. The molecule has 2 N–H and O–H groups in total. The summed E-state index contributed by atoms with van der Waals surface area (Å²) in [5, 5.41) is 2.13. The van der Waals surface area contributed by atoms with Gasteiger partial charge in [0.25, 0.3) is 0 Å². The standard InChI is InChI=1S/C4H6N2O5S/c7-3-4(8)6(2-1-5-3)12(9,10)11/h1-2H2,(H,5,7)(H,9,10,11). The maximum atomic E-state index is 10.7. The first kappa shape index (κ1) is 8.94. The Morgan fingerprint density at radius 2 is 2.00 bits per heavy atom. The first-order valence-corrected chi connectivity index (χ1v) is 4.40. The van der Waals surface area contributed by atoms with Gasteiger partial charge in [0.1, 0.15) is 0 Å². The Labute approximate surface area is 68.2 Å². The zero-order chi connectivity index (χ0) is 9.35. The number of nitrogens with zero attached hydrogens (tertiary/aromatic N) is 1. The van der Waals surface area contributed by atoms with E-state index in [1.54, 1.807) is 0 Å². The first-order valence-electron chi connectivity index (χ1n) is 3.00. The summed E-state index contributed by atoms with van der Waals surface area (Å²) in [4.78, 5) is 21.3.